The zero-order valence-corrected chi connectivity index (χ0v) is 13.0. The van der Waals surface area contributed by atoms with E-state index in [4.69, 9.17) is 0 Å². The van der Waals surface area contributed by atoms with Crippen molar-refractivity contribution >= 4 is 30.1 Å². The minimum absolute atomic E-state index is 0. The molecule has 0 radical (unpaired) electrons. The molecule has 1 aromatic carbocycles. The van der Waals surface area contributed by atoms with Crippen LogP contribution < -0.4 is 10.6 Å². The molecule has 0 spiro atoms. The maximum Gasteiger partial charge on any atom is 0.230 e. The Hall–Kier alpha value is -0.710. The van der Waals surface area contributed by atoms with Gasteiger partial charge in [-0.3, -0.25) is 4.79 Å². The van der Waals surface area contributed by atoms with Gasteiger partial charge in [-0.2, -0.15) is 0 Å². The van der Waals surface area contributed by atoms with Crippen LogP contribution in [-0.4, -0.2) is 30.8 Å². The summed E-state index contributed by atoms with van der Waals surface area (Å²) in [6.07, 6.45) is 1.04. The molecule has 1 aromatic rings. The lowest BCUT2D eigenvalue weighted by Crippen LogP contribution is -2.37. The highest BCUT2D eigenvalue weighted by atomic mass is 35.5. The number of benzene rings is 1. The number of amides is 1. The molecule has 2 rings (SSSR count). The van der Waals surface area contributed by atoms with E-state index in [0.29, 0.717) is 11.8 Å². The molecule has 1 heterocycles. The second kappa shape index (κ2) is 7.78. The lowest BCUT2D eigenvalue weighted by atomic mass is 10.2. The Morgan fingerprint density at radius 2 is 2.26 bits per heavy atom. The monoisotopic (exact) mass is 300 g/mol. The van der Waals surface area contributed by atoms with Crippen LogP contribution in [0.15, 0.2) is 23.1 Å². The summed E-state index contributed by atoms with van der Waals surface area (Å²) >= 11 is 1.62. The third-order valence-corrected chi connectivity index (χ3v) is 4.29. The van der Waals surface area contributed by atoms with E-state index in [1.165, 1.54) is 16.0 Å². The average molecular weight is 301 g/mol. The van der Waals surface area contributed by atoms with Crippen molar-refractivity contribution in [2.45, 2.75) is 31.2 Å². The normalized spacial score (nSPS) is 17.9. The van der Waals surface area contributed by atoms with Gasteiger partial charge in [-0.05, 0) is 38.4 Å². The van der Waals surface area contributed by atoms with Gasteiger partial charge in [0.1, 0.15) is 0 Å². The predicted octanol–water partition coefficient (Wildman–Crippen LogP) is 2.30. The standard InChI is InChI=1S/C14H20N2OS.ClH/c1-10-3-4-11(2)13(7-10)18-9-14(17)16-12-5-6-15-8-12;/h3-4,7,12,15H,5-6,8-9H2,1-2H3,(H,16,17);1H. The van der Waals surface area contributed by atoms with E-state index in [9.17, 15) is 4.79 Å². The zero-order chi connectivity index (χ0) is 13.0. The Balaban J connectivity index is 0.00000180. The summed E-state index contributed by atoms with van der Waals surface area (Å²) in [7, 11) is 0. The van der Waals surface area contributed by atoms with Crippen LogP contribution in [0.1, 0.15) is 17.5 Å². The van der Waals surface area contributed by atoms with Gasteiger partial charge in [0.2, 0.25) is 5.91 Å². The Kier molecular flexibility index (Phi) is 6.69. The van der Waals surface area contributed by atoms with E-state index in [1.807, 2.05) is 0 Å². The summed E-state index contributed by atoms with van der Waals surface area (Å²) in [6, 6.07) is 6.67. The second-order valence-corrected chi connectivity index (χ2v) is 5.83. The van der Waals surface area contributed by atoms with E-state index in [-0.39, 0.29) is 18.3 Å². The highest BCUT2D eigenvalue weighted by Crippen LogP contribution is 2.23. The number of rotatable bonds is 4. The maximum absolute atomic E-state index is 11.8. The van der Waals surface area contributed by atoms with Crippen molar-refractivity contribution in [1.29, 1.82) is 0 Å². The largest absolute Gasteiger partial charge is 0.351 e. The summed E-state index contributed by atoms with van der Waals surface area (Å²) in [6.45, 7) is 6.07. The van der Waals surface area contributed by atoms with Gasteiger partial charge in [0.15, 0.2) is 0 Å². The molecule has 106 valence electrons. The van der Waals surface area contributed by atoms with E-state index in [1.54, 1.807) is 11.8 Å². The second-order valence-electron chi connectivity index (χ2n) is 4.81. The van der Waals surface area contributed by atoms with Crippen LogP contribution in [0.3, 0.4) is 0 Å². The fraction of sp³-hybridized carbons (Fsp3) is 0.500. The maximum atomic E-state index is 11.8. The summed E-state index contributed by atoms with van der Waals surface area (Å²) in [5.74, 6) is 0.635. The van der Waals surface area contributed by atoms with E-state index < -0.39 is 0 Å². The van der Waals surface area contributed by atoms with Gasteiger partial charge >= 0.3 is 0 Å². The fourth-order valence-corrected chi connectivity index (χ4v) is 2.99. The van der Waals surface area contributed by atoms with Crippen molar-refractivity contribution < 1.29 is 4.79 Å². The Morgan fingerprint density at radius 1 is 1.47 bits per heavy atom. The molecule has 19 heavy (non-hydrogen) atoms. The SMILES string of the molecule is Cc1ccc(C)c(SCC(=O)NC2CCNC2)c1.Cl. The Labute approximate surface area is 125 Å². The van der Waals surface area contributed by atoms with E-state index in [2.05, 4.69) is 42.7 Å². The van der Waals surface area contributed by atoms with Gasteiger partial charge in [-0.15, -0.1) is 24.2 Å². The number of halogens is 1. The third kappa shape index (κ3) is 5.05. The Morgan fingerprint density at radius 3 is 2.95 bits per heavy atom. The van der Waals surface area contributed by atoms with Gasteiger partial charge in [0.25, 0.3) is 0 Å². The topological polar surface area (TPSA) is 41.1 Å². The molecule has 1 unspecified atom stereocenters. The molecule has 0 bridgehead atoms. The molecule has 1 saturated heterocycles. The van der Waals surface area contributed by atoms with Crippen molar-refractivity contribution in [2.75, 3.05) is 18.8 Å². The van der Waals surface area contributed by atoms with E-state index >= 15 is 0 Å². The smallest absolute Gasteiger partial charge is 0.230 e. The molecule has 1 aliphatic heterocycles. The van der Waals surface area contributed by atoms with Crippen molar-refractivity contribution in [3.05, 3.63) is 29.3 Å². The molecule has 3 nitrogen and oxygen atoms in total. The van der Waals surface area contributed by atoms with Crippen molar-refractivity contribution in [3.8, 4) is 0 Å². The highest BCUT2D eigenvalue weighted by Gasteiger charge is 2.16. The molecule has 2 N–H and O–H groups in total. The number of aryl methyl sites for hydroxylation is 2. The van der Waals surface area contributed by atoms with Crippen LogP contribution in [0.25, 0.3) is 0 Å². The number of carbonyl (C=O) groups excluding carboxylic acids is 1. The molecule has 5 heteroatoms. The van der Waals surface area contributed by atoms with Crippen molar-refractivity contribution in [3.63, 3.8) is 0 Å². The number of hydrogen-bond donors (Lipinski definition) is 2. The van der Waals surface area contributed by atoms with Crippen molar-refractivity contribution in [2.24, 2.45) is 0 Å². The molecule has 0 aliphatic carbocycles. The van der Waals surface area contributed by atoms with Crippen molar-refractivity contribution in [1.82, 2.24) is 10.6 Å². The average Bonchev–Trinajstić information content (AvgIpc) is 2.83. The van der Waals surface area contributed by atoms with Gasteiger partial charge in [0.05, 0.1) is 5.75 Å². The highest BCUT2D eigenvalue weighted by molar-refractivity contribution is 8.00. The molecule has 1 amide bonds. The lowest BCUT2D eigenvalue weighted by molar-refractivity contribution is -0.119. The third-order valence-electron chi connectivity index (χ3n) is 3.13. The zero-order valence-electron chi connectivity index (χ0n) is 11.4. The van der Waals surface area contributed by atoms with Crippen LogP contribution in [-0.2, 0) is 4.79 Å². The molecule has 1 aliphatic rings. The van der Waals surface area contributed by atoms with Gasteiger partial charge < -0.3 is 10.6 Å². The fourth-order valence-electron chi connectivity index (χ4n) is 2.05. The first-order valence-corrected chi connectivity index (χ1v) is 7.34. The van der Waals surface area contributed by atoms with Crippen LogP contribution in [0.2, 0.25) is 0 Å². The first kappa shape index (κ1) is 16.3. The van der Waals surface area contributed by atoms with Crippen LogP contribution in [0.4, 0.5) is 0 Å². The number of nitrogens with one attached hydrogen (secondary N) is 2. The summed E-state index contributed by atoms with van der Waals surface area (Å²) < 4.78 is 0. The van der Waals surface area contributed by atoms with Gasteiger partial charge in [-0.1, -0.05) is 17.7 Å². The minimum Gasteiger partial charge on any atom is -0.351 e. The summed E-state index contributed by atoms with van der Waals surface area (Å²) in [5.41, 5.74) is 2.48. The van der Waals surface area contributed by atoms with Crippen LogP contribution in [0.5, 0.6) is 0 Å². The molecule has 1 fully saturated rings. The number of hydrogen-bond acceptors (Lipinski definition) is 3. The Bertz CT molecular complexity index is 433. The number of carbonyl (C=O) groups is 1. The number of thioether (sulfide) groups is 1. The molecule has 0 aromatic heterocycles. The lowest BCUT2D eigenvalue weighted by Gasteiger charge is -2.11. The quantitative estimate of drug-likeness (QED) is 0.838. The van der Waals surface area contributed by atoms with Gasteiger partial charge in [0, 0.05) is 17.5 Å². The first-order chi connectivity index (χ1) is 8.65. The van der Waals surface area contributed by atoms with Crippen LogP contribution in [0, 0.1) is 13.8 Å². The molecule has 1 atom stereocenters. The predicted molar refractivity (Wildman–Crippen MR) is 83.3 cm³/mol. The molecular weight excluding hydrogens is 280 g/mol. The minimum atomic E-state index is 0. The summed E-state index contributed by atoms with van der Waals surface area (Å²) in [4.78, 5) is 13.0. The van der Waals surface area contributed by atoms with E-state index in [0.717, 1.165) is 19.5 Å². The first-order valence-electron chi connectivity index (χ1n) is 6.35. The molecule has 0 saturated carbocycles. The molecular formula is C14H21ClN2OS. The summed E-state index contributed by atoms with van der Waals surface area (Å²) in [5, 5.41) is 6.31. The van der Waals surface area contributed by atoms with Gasteiger partial charge in [-0.25, -0.2) is 0 Å². The van der Waals surface area contributed by atoms with Crippen LogP contribution >= 0.6 is 24.2 Å².